The van der Waals surface area contributed by atoms with Crippen molar-refractivity contribution in [1.29, 1.82) is 0 Å². The van der Waals surface area contributed by atoms with E-state index < -0.39 is 0 Å². The third-order valence-corrected chi connectivity index (χ3v) is 3.19. The molecule has 2 N–H and O–H groups in total. The predicted molar refractivity (Wildman–Crippen MR) is 79.8 cm³/mol. The number of rotatable bonds is 4. The molecule has 0 aromatic heterocycles. The number of nitrogens with zero attached hydrogens (tertiary/aromatic N) is 1. The highest BCUT2D eigenvalue weighted by molar-refractivity contribution is 5.89. The van der Waals surface area contributed by atoms with Gasteiger partial charge in [-0.1, -0.05) is 26.0 Å². The summed E-state index contributed by atoms with van der Waals surface area (Å²) in [7, 11) is 0. The molecule has 0 bridgehead atoms. The van der Waals surface area contributed by atoms with Crippen molar-refractivity contribution in [3.8, 4) is 0 Å². The van der Waals surface area contributed by atoms with Gasteiger partial charge in [0.2, 0.25) is 0 Å². The Morgan fingerprint density at radius 2 is 2.10 bits per heavy atom. The summed E-state index contributed by atoms with van der Waals surface area (Å²) in [6, 6.07) is 8.33. The normalized spacial score (nSPS) is 15.4. The summed E-state index contributed by atoms with van der Waals surface area (Å²) in [6.07, 6.45) is 0. The molecule has 1 heterocycles. The van der Waals surface area contributed by atoms with Gasteiger partial charge in [0.1, 0.15) is 0 Å². The summed E-state index contributed by atoms with van der Waals surface area (Å²) >= 11 is 0. The molecule has 1 aliphatic heterocycles. The molecule has 5 nitrogen and oxygen atoms in total. The van der Waals surface area contributed by atoms with E-state index >= 15 is 0 Å². The highest BCUT2D eigenvalue weighted by Crippen LogP contribution is 2.12. The quantitative estimate of drug-likeness (QED) is 0.885. The third kappa shape index (κ3) is 4.51. The Labute approximate surface area is 120 Å². The number of morpholine rings is 1. The van der Waals surface area contributed by atoms with E-state index in [4.69, 9.17) is 4.74 Å². The Kier molecular flexibility index (Phi) is 5.38. The van der Waals surface area contributed by atoms with Crippen molar-refractivity contribution in [1.82, 2.24) is 10.2 Å². The highest BCUT2D eigenvalue weighted by Gasteiger charge is 2.16. The van der Waals surface area contributed by atoms with Crippen molar-refractivity contribution < 1.29 is 9.53 Å². The van der Waals surface area contributed by atoms with Crippen molar-refractivity contribution in [2.75, 3.05) is 31.6 Å². The fraction of sp³-hybridized carbons (Fsp3) is 0.533. The lowest BCUT2D eigenvalue weighted by molar-refractivity contribution is 0.0564. The zero-order valence-corrected chi connectivity index (χ0v) is 12.2. The number of hydrogen-bond donors (Lipinski definition) is 2. The van der Waals surface area contributed by atoms with E-state index in [2.05, 4.69) is 30.5 Å². The van der Waals surface area contributed by atoms with Gasteiger partial charge in [0.05, 0.1) is 13.2 Å². The molecular weight excluding hydrogens is 254 g/mol. The zero-order valence-electron chi connectivity index (χ0n) is 12.2. The van der Waals surface area contributed by atoms with Gasteiger partial charge in [-0.05, 0) is 17.7 Å². The second-order valence-electron chi connectivity index (χ2n) is 5.27. The molecule has 110 valence electrons. The lowest BCUT2D eigenvalue weighted by Gasteiger charge is -2.27. The molecule has 1 fully saturated rings. The average Bonchev–Trinajstić information content (AvgIpc) is 2.46. The summed E-state index contributed by atoms with van der Waals surface area (Å²) in [5.41, 5.74) is 2.00. The number of hydrogen-bond acceptors (Lipinski definition) is 3. The van der Waals surface area contributed by atoms with Crippen LogP contribution in [0, 0.1) is 0 Å². The van der Waals surface area contributed by atoms with Crippen LogP contribution in [0.2, 0.25) is 0 Å². The number of amides is 2. The second-order valence-corrected chi connectivity index (χ2v) is 5.27. The lowest BCUT2D eigenvalue weighted by atomic mass is 10.2. The first-order chi connectivity index (χ1) is 9.65. The number of urea groups is 1. The predicted octanol–water partition coefficient (Wildman–Crippen LogP) is 2.05. The van der Waals surface area contributed by atoms with E-state index in [1.807, 2.05) is 18.2 Å². The fourth-order valence-electron chi connectivity index (χ4n) is 2.05. The molecule has 0 aliphatic carbocycles. The van der Waals surface area contributed by atoms with Crippen molar-refractivity contribution >= 4 is 11.7 Å². The van der Waals surface area contributed by atoms with E-state index in [9.17, 15) is 4.79 Å². The SMILES string of the molecule is CC(C)NCc1cccc(NC(=O)N2CCOCC2)c1. The second kappa shape index (κ2) is 7.26. The molecule has 1 aromatic rings. The molecule has 1 aliphatic rings. The molecule has 1 saturated heterocycles. The number of carbonyl (C=O) groups is 1. The summed E-state index contributed by atoms with van der Waals surface area (Å²) in [5, 5.41) is 6.31. The monoisotopic (exact) mass is 277 g/mol. The van der Waals surface area contributed by atoms with Crippen LogP contribution in [0.15, 0.2) is 24.3 Å². The number of carbonyl (C=O) groups excluding carboxylic acids is 1. The maximum Gasteiger partial charge on any atom is 0.321 e. The van der Waals surface area contributed by atoms with Gasteiger partial charge in [0, 0.05) is 31.4 Å². The Bertz CT molecular complexity index is 442. The number of ether oxygens (including phenoxy) is 1. The van der Waals surface area contributed by atoms with Gasteiger partial charge in [-0.25, -0.2) is 4.79 Å². The topological polar surface area (TPSA) is 53.6 Å². The first-order valence-electron chi connectivity index (χ1n) is 7.11. The van der Waals surface area contributed by atoms with E-state index in [1.165, 1.54) is 5.56 Å². The van der Waals surface area contributed by atoms with Gasteiger partial charge in [-0.3, -0.25) is 0 Å². The van der Waals surface area contributed by atoms with Crippen LogP contribution in [-0.2, 0) is 11.3 Å². The van der Waals surface area contributed by atoms with Crippen molar-refractivity contribution in [3.05, 3.63) is 29.8 Å². The molecule has 1 aromatic carbocycles. The minimum atomic E-state index is -0.0535. The molecule has 0 spiro atoms. The van der Waals surface area contributed by atoms with Crippen LogP contribution in [0.4, 0.5) is 10.5 Å². The Hall–Kier alpha value is -1.59. The summed E-state index contributed by atoms with van der Waals surface area (Å²) < 4.78 is 5.24. The van der Waals surface area contributed by atoms with E-state index in [0.29, 0.717) is 32.3 Å². The first kappa shape index (κ1) is 14.8. The van der Waals surface area contributed by atoms with Gasteiger partial charge in [-0.15, -0.1) is 0 Å². The van der Waals surface area contributed by atoms with Crippen molar-refractivity contribution in [3.63, 3.8) is 0 Å². The van der Waals surface area contributed by atoms with Gasteiger partial charge in [-0.2, -0.15) is 0 Å². The van der Waals surface area contributed by atoms with Crippen LogP contribution >= 0.6 is 0 Å². The van der Waals surface area contributed by atoms with Crippen molar-refractivity contribution in [2.45, 2.75) is 26.4 Å². The van der Waals surface area contributed by atoms with E-state index in [0.717, 1.165) is 12.2 Å². The number of nitrogens with one attached hydrogen (secondary N) is 2. The van der Waals surface area contributed by atoms with Crippen LogP contribution in [0.1, 0.15) is 19.4 Å². The molecule has 0 atom stereocenters. The van der Waals surface area contributed by atoms with Gasteiger partial charge < -0.3 is 20.3 Å². The Morgan fingerprint density at radius 3 is 2.80 bits per heavy atom. The third-order valence-electron chi connectivity index (χ3n) is 3.19. The minimum absolute atomic E-state index is 0.0535. The zero-order chi connectivity index (χ0) is 14.4. The fourth-order valence-corrected chi connectivity index (χ4v) is 2.05. The molecule has 5 heteroatoms. The minimum Gasteiger partial charge on any atom is -0.378 e. The van der Waals surface area contributed by atoms with Gasteiger partial charge in [0.15, 0.2) is 0 Å². The molecule has 0 radical (unpaired) electrons. The molecule has 2 rings (SSSR count). The molecule has 0 saturated carbocycles. The van der Waals surface area contributed by atoms with Crippen LogP contribution < -0.4 is 10.6 Å². The van der Waals surface area contributed by atoms with Crippen molar-refractivity contribution in [2.24, 2.45) is 0 Å². The molecular formula is C15H23N3O2. The molecule has 20 heavy (non-hydrogen) atoms. The van der Waals surface area contributed by atoms with Gasteiger partial charge >= 0.3 is 6.03 Å². The lowest BCUT2D eigenvalue weighted by Crippen LogP contribution is -2.43. The van der Waals surface area contributed by atoms with E-state index in [-0.39, 0.29) is 6.03 Å². The van der Waals surface area contributed by atoms with Crippen LogP contribution in [0.5, 0.6) is 0 Å². The summed E-state index contributed by atoms with van der Waals surface area (Å²) in [6.45, 7) is 7.57. The van der Waals surface area contributed by atoms with Crippen LogP contribution in [-0.4, -0.2) is 43.3 Å². The summed E-state index contributed by atoms with van der Waals surface area (Å²) in [4.78, 5) is 13.9. The highest BCUT2D eigenvalue weighted by atomic mass is 16.5. The largest absolute Gasteiger partial charge is 0.378 e. The summed E-state index contributed by atoms with van der Waals surface area (Å²) in [5.74, 6) is 0. The van der Waals surface area contributed by atoms with Gasteiger partial charge in [0.25, 0.3) is 0 Å². The maximum atomic E-state index is 12.1. The average molecular weight is 277 g/mol. The Balaban J connectivity index is 1.91. The first-order valence-corrected chi connectivity index (χ1v) is 7.11. The number of anilines is 1. The maximum absolute atomic E-state index is 12.1. The number of benzene rings is 1. The molecule has 2 amide bonds. The smallest absolute Gasteiger partial charge is 0.321 e. The van der Waals surface area contributed by atoms with E-state index in [1.54, 1.807) is 4.90 Å². The standard InChI is InChI=1S/C15H23N3O2/c1-12(2)16-11-13-4-3-5-14(10-13)17-15(19)18-6-8-20-9-7-18/h3-5,10,12,16H,6-9,11H2,1-2H3,(H,17,19). The molecule has 0 unspecified atom stereocenters. The van der Waals surface area contributed by atoms with Crippen LogP contribution in [0.25, 0.3) is 0 Å². The Morgan fingerprint density at radius 1 is 1.35 bits per heavy atom. The van der Waals surface area contributed by atoms with Crippen LogP contribution in [0.3, 0.4) is 0 Å².